The van der Waals surface area contributed by atoms with Crippen LogP contribution in [0.25, 0.3) is 0 Å². The highest BCUT2D eigenvalue weighted by Crippen LogP contribution is 2.50. The largest absolute Gasteiger partial charge is 0.314 e. The fourth-order valence-electron chi connectivity index (χ4n) is 4.38. The van der Waals surface area contributed by atoms with Gasteiger partial charge in [-0.3, -0.25) is 9.59 Å². The highest BCUT2D eigenvalue weighted by Gasteiger charge is 2.51. The SMILES string of the molecule is CN1C(=O)C(C)(C(CC(=O)c2ccccc2)c2ccccc2)c2ccccc21. The normalized spacial score (nSPS) is 19.4. The number of para-hydroxylation sites is 1. The van der Waals surface area contributed by atoms with Crippen molar-refractivity contribution in [3.05, 3.63) is 102 Å². The molecule has 2 atom stereocenters. The summed E-state index contributed by atoms with van der Waals surface area (Å²) in [6, 6.07) is 27.1. The lowest BCUT2D eigenvalue weighted by Crippen LogP contribution is -2.41. The topological polar surface area (TPSA) is 37.4 Å². The number of carbonyl (C=O) groups excluding carboxylic acids is 2. The van der Waals surface area contributed by atoms with Crippen molar-refractivity contribution < 1.29 is 9.59 Å². The molecule has 4 rings (SSSR count). The third-order valence-corrected chi connectivity index (χ3v) is 5.96. The fraction of sp³-hybridized carbons (Fsp3) is 0.200. The molecular formula is C25H23NO2. The van der Waals surface area contributed by atoms with E-state index in [0.717, 1.165) is 16.8 Å². The Labute approximate surface area is 165 Å². The minimum atomic E-state index is -0.795. The molecule has 0 saturated heterocycles. The summed E-state index contributed by atoms with van der Waals surface area (Å²) in [5.41, 5.74) is 2.80. The van der Waals surface area contributed by atoms with E-state index in [0.29, 0.717) is 5.56 Å². The van der Waals surface area contributed by atoms with Gasteiger partial charge in [0, 0.05) is 30.6 Å². The summed E-state index contributed by atoms with van der Waals surface area (Å²) >= 11 is 0. The number of anilines is 1. The van der Waals surface area contributed by atoms with Crippen molar-refractivity contribution >= 4 is 17.4 Å². The van der Waals surface area contributed by atoms with Gasteiger partial charge >= 0.3 is 0 Å². The number of amides is 1. The second kappa shape index (κ2) is 7.08. The summed E-state index contributed by atoms with van der Waals surface area (Å²) in [4.78, 5) is 28.3. The van der Waals surface area contributed by atoms with Gasteiger partial charge in [-0.15, -0.1) is 0 Å². The summed E-state index contributed by atoms with van der Waals surface area (Å²) in [6.45, 7) is 1.98. The summed E-state index contributed by atoms with van der Waals surface area (Å²) < 4.78 is 0. The smallest absolute Gasteiger partial charge is 0.237 e. The minimum Gasteiger partial charge on any atom is -0.314 e. The Morgan fingerprint density at radius 2 is 1.46 bits per heavy atom. The summed E-state index contributed by atoms with van der Waals surface area (Å²) in [6.07, 6.45) is 0.276. The molecule has 3 aromatic carbocycles. The van der Waals surface area contributed by atoms with Gasteiger partial charge in [-0.2, -0.15) is 0 Å². The van der Waals surface area contributed by atoms with E-state index in [4.69, 9.17) is 0 Å². The first-order valence-corrected chi connectivity index (χ1v) is 9.54. The number of likely N-dealkylation sites (N-methyl/N-ethyl adjacent to an activating group) is 1. The molecule has 140 valence electrons. The molecule has 28 heavy (non-hydrogen) atoms. The van der Waals surface area contributed by atoms with Crippen molar-refractivity contribution in [1.29, 1.82) is 0 Å². The van der Waals surface area contributed by atoms with Crippen LogP contribution in [0.15, 0.2) is 84.9 Å². The molecule has 0 aliphatic carbocycles. The van der Waals surface area contributed by atoms with Crippen LogP contribution < -0.4 is 4.90 Å². The number of fused-ring (bicyclic) bond motifs is 1. The lowest BCUT2D eigenvalue weighted by atomic mass is 9.67. The molecule has 0 saturated carbocycles. The number of rotatable bonds is 5. The summed E-state index contributed by atoms with van der Waals surface area (Å²) in [7, 11) is 1.81. The van der Waals surface area contributed by atoms with Crippen LogP contribution in [0, 0.1) is 0 Å². The number of Topliss-reactive ketones (excluding diaryl/α,β-unsaturated/α-hetero) is 1. The van der Waals surface area contributed by atoms with Crippen molar-refractivity contribution in [2.75, 3.05) is 11.9 Å². The van der Waals surface area contributed by atoms with Crippen LogP contribution in [0.1, 0.15) is 40.7 Å². The zero-order valence-corrected chi connectivity index (χ0v) is 16.1. The van der Waals surface area contributed by atoms with E-state index in [9.17, 15) is 9.59 Å². The molecule has 0 N–H and O–H groups in total. The van der Waals surface area contributed by atoms with E-state index < -0.39 is 5.41 Å². The number of carbonyl (C=O) groups is 2. The van der Waals surface area contributed by atoms with E-state index in [1.807, 2.05) is 98.9 Å². The maximum atomic E-state index is 13.4. The van der Waals surface area contributed by atoms with Gasteiger partial charge in [0.05, 0.1) is 5.41 Å². The molecule has 0 bridgehead atoms. The first kappa shape index (κ1) is 18.2. The monoisotopic (exact) mass is 369 g/mol. The Kier molecular flexibility index (Phi) is 4.60. The average molecular weight is 369 g/mol. The Bertz CT molecular complexity index is 1010. The molecule has 1 amide bonds. The van der Waals surface area contributed by atoms with Gasteiger partial charge in [0.15, 0.2) is 5.78 Å². The molecule has 3 aromatic rings. The number of benzene rings is 3. The molecule has 2 unspecified atom stereocenters. The van der Waals surface area contributed by atoms with E-state index in [1.54, 1.807) is 4.90 Å². The van der Waals surface area contributed by atoms with Crippen LogP contribution in [0.5, 0.6) is 0 Å². The van der Waals surface area contributed by atoms with Crippen molar-refractivity contribution in [1.82, 2.24) is 0 Å². The third-order valence-electron chi connectivity index (χ3n) is 5.96. The zero-order chi connectivity index (χ0) is 19.7. The second-order valence-corrected chi connectivity index (χ2v) is 7.54. The Hall–Kier alpha value is -3.20. The zero-order valence-electron chi connectivity index (χ0n) is 16.1. The van der Waals surface area contributed by atoms with Crippen LogP contribution in [-0.2, 0) is 10.2 Å². The first-order chi connectivity index (χ1) is 13.5. The molecule has 0 spiro atoms. The number of hydrogen-bond donors (Lipinski definition) is 0. The van der Waals surface area contributed by atoms with Crippen molar-refractivity contribution in [3.8, 4) is 0 Å². The van der Waals surface area contributed by atoms with E-state index >= 15 is 0 Å². The Morgan fingerprint density at radius 1 is 0.893 bits per heavy atom. The van der Waals surface area contributed by atoms with Gasteiger partial charge in [-0.25, -0.2) is 0 Å². The van der Waals surface area contributed by atoms with Gasteiger partial charge in [-0.1, -0.05) is 78.9 Å². The van der Waals surface area contributed by atoms with Gasteiger partial charge in [0.1, 0.15) is 0 Å². The molecule has 3 nitrogen and oxygen atoms in total. The summed E-state index contributed by atoms with van der Waals surface area (Å²) in [5, 5.41) is 0. The Morgan fingerprint density at radius 3 is 2.14 bits per heavy atom. The molecule has 1 heterocycles. The molecule has 0 fully saturated rings. The number of hydrogen-bond acceptors (Lipinski definition) is 2. The van der Waals surface area contributed by atoms with Crippen molar-refractivity contribution in [2.45, 2.75) is 24.7 Å². The van der Waals surface area contributed by atoms with Crippen LogP contribution in [0.2, 0.25) is 0 Å². The minimum absolute atomic E-state index is 0.0309. The van der Waals surface area contributed by atoms with Gasteiger partial charge in [-0.05, 0) is 24.1 Å². The average Bonchev–Trinajstić information content (AvgIpc) is 2.95. The van der Waals surface area contributed by atoms with Gasteiger partial charge < -0.3 is 4.90 Å². The number of nitrogens with zero attached hydrogens (tertiary/aromatic N) is 1. The molecule has 0 aromatic heterocycles. The molecule has 1 aliphatic heterocycles. The predicted molar refractivity (Wildman–Crippen MR) is 112 cm³/mol. The fourth-order valence-corrected chi connectivity index (χ4v) is 4.38. The van der Waals surface area contributed by atoms with E-state index in [2.05, 4.69) is 0 Å². The molecule has 1 aliphatic rings. The van der Waals surface area contributed by atoms with Crippen LogP contribution in [-0.4, -0.2) is 18.7 Å². The third kappa shape index (κ3) is 2.84. The highest BCUT2D eigenvalue weighted by molar-refractivity contribution is 6.09. The predicted octanol–water partition coefficient (Wildman–Crippen LogP) is 4.98. The lowest BCUT2D eigenvalue weighted by molar-refractivity contribution is -0.123. The maximum absolute atomic E-state index is 13.4. The second-order valence-electron chi connectivity index (χ2n) is 7.54. The van der Waals surface area contributed by atoms with Gasteiger partial charge in [0.2, 0.25) is 5.91 Å². The molecular weight excluding hydrogens is 346 g/mol. The van der Waals surface area contributed by atoms with Crippen LogP contribution >= 0.6 is 0 Å². The van der Waals surface area contributed by atoms with Crippen LogP contribution in [0.4, 0.5) is 5.69 Å². The van der Waals surface area contributed by atoms with Gasteiger partial charge in [0.25, 0.3) is 0 Å². The van der Waals surface area contributed by atoms with E-state index in [-0.39, 0.29) is 24.0 Å². The Balaban J connectivity index is 1.83. The summed E-state index contributed by atoms with van der Waals surface area (Å²) in [5.74, 6) is -0.168. The maximum Gasteiger partial charge on any atom is 0.237 e. The van der Waals surface area contributed by atoms with Crippen LogP contribution in [0.3, 0.4) is 0 Å². The lowest BCUT2D eigenvalue weighted by Gasteiger charge is -2.33. The number of ketones is 1. The highest BCUT2D eigenvalue weighted by atomic mass is 16.2. The quantitative estimate of drug-likeness (QED) is 0.595. The van der Waals surface area contributed by atoms with Crippen molar-refractivity contribution in [3.63, 3.8) is 0 Å². The van der Waals surface area contributed by atoms with E-state index in [1.165, 1.54) is 0 Å². The standard InChI is InChI=1S/C25H23NO2/c1-25(20-15-9-10-16-22(20)26(2)24(25)28)21(18-11-5-3-6-12-18)17-23(27)19-13-7-4-8-14-19/h3-16,21H,17H2,1-2H3. The molecule has 3 heteroatoms. The molecule has 0 radical (unpaired) electrons. The first-order valence-electron chi connectivity index (χ1n) is 9.54. The van der Waals surface area contributed by atoms with Crippen molar-refractivity contribution in [2.24, 2.45) is 0 Å².